The fourth-order valence-corrected chi connectivity index (χ4v) is 3.15. The van der Waals surface area contributed by atoms with Crippen molar-refractivity contribution in [1.82, 2.24) is 14.7 Å². The minimum absolute atomic E-state index is 0.270. The zero-order valence-electron chi connectivity index (χ0n) is 11.6. The summed E-state index contributed by atoms with van der Waals surface area (Å²) in [5.74, 6) is 0. The summed E-state index contributed by atoms with van der Waals surface area (Å²) in [6, 6.07) is 0.854. The van der Waals surface area contributed by atoms with E-state index in [1.54, 1.807) is 0 Å². The molecule has 106 valence electrons. The van der Waals surface area contributed by atoms with Gasteiger partial charge in [-0.2, -0.15) is 0 Å². The number of hydrogen-bond acceptors (Lipinski definition) is 5. The molecule has 2 aliphatic rings. The summed E-state index contributed by atoms with van der Waals surface area (Å²) in [6.07, 6.45) is 1.12. The van der Waals surface area contributed by atoms with Crippen molar-refractivity contribution in [3.63, 3.8) is 0 Å². The Kier molecular flexibility index (Phi) is 5.38. The number of rotatable bonds is 4. The number of piperazine rings is 1. The largest absolute Gasteiger partial charge is 0.395 e. The van der Waals surface area contributed by atoms with Gasteiger partial charge in [-0.05, 0) is 19.5 Å². The number of likely N-dealkylation sites (tertiary alicyclic amines) is 1. The maximum Gasteiger partial charge on any atom is 0.0558 e. The second kappa shape index (κ2) is 6.82. The third-order valence-electron chi connectivity index (χ3n) is 4.46. The molecule has 3 N–H and O–H groups in total. The molecule has 5 nitrogen and oxygen atoms in total. The molecule has 0 bridgehead atoms. The number of aliphatic hydroxyl groups excluding tert-OH is 1. The Morgan fingerprint density at radius 3 is 2.44 bits per heavy atom. The summed E-state index contributed by atoms with van der Waals surface area (Å²) in [5.41, 5.74) is 6.30. The molecule has 0 aromatic rings. The monoisotopic (exact) mass is 256 g/mol. The van der Waals surface area contributed by atoms with Gasteiger partial charge in [0.25, 0.3) is 0 Å². The third-order valence-corrected chi connectivity index (χ3v) is 4.46. The summed E-state index contributed by atoms with van der Waals surface area (Å²) in [6.45, 7) is 11.0. The van der Waals surface area contributed by atoms with Gasteiger partial charge >= 0.3 is 0 Å². The predicted octanol–water partition coefficient (Wildman–Crippen LogP) is -0.982. The fraction of sp³-hybridized carbons (Fsp3) is 1.00. The van der Waals surface area contributed by atoms with Crippen molar-refractivity contribution in [3.8, 4) is 0 Å². The van der Waals surface area contributed by atoms with Gasteiger partial charge in [0.2, 0.25) is 0 Å². The van der Waals surface area contributed by atoms with Crippen LogP contribution in [0.3, 0.4) is 0 Å². The van der Waals surface area contributed by atoms with Crippen LogP contribution in [0.2, 0.25) is 0 Å². The van der Waals surface area contributed by atoms with Gasteiger partial charge in [0.05, 0.1) is 6.61 Å². The molecule has 2 atom stereocenters. The number of nitrogens with zero attached hydrogens (tertiary/aromatic N) is 3. The first kappa shape index (κ1) is 14.2. The average Bonchev–Trinajstić information content (AvgIpc) is 2.41. The van der Waals surface area contributed by atoms with Crippen LogP contribution in [0.15, 0.2) is 0 Å². The molecule has 2 heterocycles. The molecular formula is C13H28N4O. The molecular weight excluding hydrogens is 228 g/mol. The highest BCUT2D eigenvalue weighted by atomic mass is 16.3. The molecule has 0 aromatic heterocycles. The van der Waals surface area contributed by atoms with Gasteiger partial charge in [-0.25, -0.2) is 0 Å². The number of piperidine rings is 1. The Labute approximate surface area is 111 Å². The van der Waals surface area contributed by atoms with Crippen LogP contribution in [0.5, 0.6) is 0 Å². The molecule has 0 amide bonds. The van der Waals surface area contributed by atoms with E-state index in [4.69, 9.17) is 10.8 Å². The van der Waals surface area contributed by atoms with Crippen molar-refractivity contribution in [1.29, 1.82) is 0 Å². The van der Waals surface area contributed by atoms with Crippen LogP contribution in [0.4, 0.5) is 0 Å². The number of aliphatic hydroxyl groups is 1. The summed E-state index contributed by atoms with van der Waals surface area (Å²) in [5, 5.41) is 8.96. The van der Waals surface area contributed by atoms with Gasteiger partial charge in [0.1, 0.15) is 0 Å². The van der Waals surface area contributed by atoms with Crippen LogP contribution in [0.25, 0.3) is 0 Å². The number of β-amino-alcohol motifs (C(OH)–C–C–N with tert-alkyl or cyclic N) is 1. The molecule has 5 heteroatoms. The van der Waals surface area contributed by atoms with Crippen LogP contribution >= 0.6 is 0 Å². The van der Waals surface area contributed by atoms with Crippen LogP contribution in [-0.4, -0.2) is 90.9 Å². The maximum absolute atomic E-state index is 8.96. The number of nitrogens with two attached hydrogens (primary N) is 1. The summed E-state index contributed by atoms with van der Waals surface area (Å²) < 4.78 is 0. The lowest BCUT2D eigenvalue weighted by Gasteiger charge is -2.45. The molecule has 0 aliphatic carbocycles. The normalized spacial score (nSPS) is 32.8. The first-order valence-electron chi connectivity index (χ1n) is 7.29. The van der Waals surface area contributed by atoms with Crippen molar-refractivity contribution >= 4 is 0 Å². The highest BCUT2D eigenvalue weighted by Gasteiger charge is 2.32. The van der Waals surface area contributed by atoms with E-state index in [2.05, 4.69) is 21.6 Å². The van der Waals surface area contributed by atoms with Gasteiger partial charge in [-0.3, -0.25) is 9.80 Å². The first-order valence-corrected chi connectivity index (χ1v) is 7.29. The topological polar surface area (TPSA) is 56.0 Å². The maximum atomic E-state index is 8.96. The Morgan fingerprint density at radius 1 is 1.11 bits per heavy atom. The van der Waals surface area contributed by atoms with Crippen LogP contribution in [-0.2, 0) is 0 Å². The Bertz CT molecular complexity index is 243. The molecule has 2 aliphatic heterocycles. The summed E-state index contributed by atoms with van der Waals surface area (Å²) in [4.78, 5) is 7.40. The minimum Gasteiger partial charge on any atom is -0.395 e. The number of likely N-dealkylation sites (N-methyl/N-ethyl adjacent to an activating group) is 1. The Hall–Kier alpha value is -0.200. The third kappa shape index (κ3) is 3.42. The van der Waals surface area contributed by atoms with Gasteiger partial charge in [-0.1, -0.05) is 6.92 Å². The fourth-order valence-electron chi connectivity index (χ4n) is 3.15. The Balaban J connectivity index is 1.83. The van der Waals surface area contributed by atoms with E-state index in [0.29, 0.717) is 12.1 Å². The molecule has 2 fully saturated rings. The molecule has 0 spiro atoms. The van der Waals surface area contributed by atoms with Crippen LogP contribution in [0, 0.1) is 0 Å². The quantitative estimate of drug-likeness (QED) is 0.677. The van der Waals surface area contributed by atoms with Gasteiger partial charge in [0.15, 0.2) is 0 Å². The second-order valence-corrected chi connectivity index (χ2v) is 5.51. The van der Waals surface area contributed by atoms with Crippen molar-refractivity contribution in [2.24, 2.45) is 5.73 Å². The van der Waals surface area contributed by atoms with Crippen molar-refractivity contribution in [2.75, 3.05) is 59.0 Å². The minimum atomic E-state index is 0.270. The van der Waals surface area contributed by atoms with Gasteiger partial charge in [-0.15, -0.1) is 0 Å². The predicted molar refractivity (Wildman–Crippen MR) is 73.6 cm³/mol. The van der Waals surface area contributed by atoms with Crippen molar-refractivity contribution in [2.45, 2.75) is 25.4 Å². The number of hydrogen-bond donors (Lipinski definition) is 2. The molecule has 2 rings (SSSR count). The van der Waals surface area contributed by atoms with Gasteiger partial charge < -0.3 is 15.7 Å². The molecule has 0 aromatic carbocycles. The molecule has 18 heavy (non-hydrogen) atoms. The molecule has 0 saturated carbocycles. The van der Waals surface area contributed by atoms with E-state index in [1.807, 2.05) is 0 Å². The zero-order chi connectivity index (χ0) is 13.0. The van der Waals surface area contributed by atoms with E-state index >= 15 is 0 Å². The highest BCUT2D eigenvalue weighted by molar-refractivity contribution is 4.91. The van der Waals surface area contributed by atoms with E-state index in [0.717, 1.165) is 58.8 Å². The SMILES string of the molecule is CCN1CCC(N)C(N2CCN(CCO)CC2)C1. The average molecular weight is 256 g/mol. The van der Waals surface area contributed by atoms with E-state index in [1.165, 1.54) is 0 Å². The van der Waals surface area contributed by atoms with Crippen molar-refractivity contribution in [3.05, 3.63) is 0 Å². The Morgan fingerprint density at radius 2 is 1.83 bits per heavy atom. The molecule has 2 saturated heterocycles. The lowest BCUT2D eigenvalue weighted by atomic mass is 9.98. The molecule has 2 unspecified atom stereocenters. The van der Waals surface area contributed by atoms with Crippen molar-refractivity contribution < 1.29 is 5.11 Å². The van der Waals surface area contributed by atoms with Crippen LogP contribution in [0.1, 0.15) is 13.3 Å². The van der Waals surface area contributed by atoms with E-state index < -0.39 is 0 Å². The van der Waals surface area contributed by atoms with E-state index in [9.17, 15) is 0 Å². The standard InChI is InChI=1S/C13H28N4O/c1-2-15-4-3-12(14)13(11-15)17-7-5-16(6-8-17)9-10-18/h12-13,18H,2-11,14H2,1H3. The highest BCUT2D eigenvalue weighted by Crippen LogP contribution is 2.16. The summed E-state index contributed by atoms with van der Waals surface area (Å²) >= 11 is 0. The van der Waals surface area contributed by atoms with Gasteiger partial charge in [0, 0.05) is 51.4 Å². The summed E-state index contributed by atoms with van der Waals surface area (Å²) in [7, 11) is 0. The first-order chi connectivity index (χ1) is 8.74. The zero-order valence-corrected chi connectivity index (χ0v) is 11.6. The van der Waals surface area contributed by atoms with E-state index in [-0.39, 0.29) is 6.61 Å². The lowest BCUT2D eigenvalue weighted by Crippen LogP contribution is -2.62. The lowest BCUT2D eigenvalue weighted by molar-refractivity contribution is 0.0385. The molecule has 0 radical (unpaired) electrons. The van der Waals surface area contributed by atoms with Crippen LogP contribution < -0.4 is 5.73 Å². The second-order valence-electron chi connectivity index (χ2n) is 5.51. The smallest absolute Gasteiger partial charge is 0.0558 e.